The van der Waals surface area contributed by atoms with Crippen LogP contribution in [-0.2, 0) is 22.6 Å². The fraction of sp³-hybridized carbons (Fsp3) is 0.533. The molecule has 1 saturated carbocycles. The number of amides is 2. The van der Waals surface area contributed by atoms with Crippen molar-refractivity contribution in [1.29, 1.82) is 0 Å². The van der Waals surface area contributed by atoms with E-state index < -0.39 is 5.54 Å². The number of rotatable bonds is 7. The van der Waals surface area contributed by atoms with Gasteiger partial charge in [-0.1, -0.05) is 74.0 Å². The number of aryl methyl sites for hydroxylation is 1. The normalized spacial score (nSPS) is 29.6. The Morgan fingerprint density at radius 3 is 2.40 bits per heavy atom. The SMILES string of the molecule is CC(=O)N1CC2CC3CN(CC(C)C)C(C2Cc2ccccc2)C31C(=O)NCc1ccc(C)cc1. The number of carbonyl (C=O) groups excluding carboxylic acids is 2. The monoisotopic (exact) mass is 473 g/mol. The Labute approximate surface area is 209 Å². The Morgan fingerprint density at radius 2 is 1.74 bits per heavy atom. The Kier molecular flexibility index (Phi) is 6.47. The molecule has 2 aromatic carbocycles. The van der Waals surface area contributed by atoms with Crippen molar-refractivity contribution in [3.05, 3.63) is 71.3 Å². The summed E-state index contributed by atoms with van der Waals surface area (Å²) in [5.74, 6) is 1.53. The van der Waals surface area contributed by atoms with Crippen LogP contribution in [0.15, 0.2) is 54.6 Å². The van der Waals surface area contributed by atoms with Crippen LogP contribution < -0.4 is 5.32 Å². The van der Waals surface area contributed by atoms with Gasteiger partial charge >= 0.3 is 0 Å². The molecule has 0 aromatic heterocycles. The molecule has 3 heterocycles. The molecule has 4 bridgehead atoms. The van der Waals surface area contributed by atoms with Crippen LogP contribution in [0.25, 0.3) is 0 Å². The second-order valence-electron chi connectivity index (χ2n) is 11.5. The van der Waals surface area contributed by atoms with Gasteiger partial charge in [0.1, 0.15) is 5.54 Å². The van der Waals surface area contributed by atoms with Crippen LogP contribution in [0.1, 0.15) is 43.9 Å². The van der Waals surface area contributed by atoms with Crippen molar-refractivity contribution < 1.29 is 9.59 Å². The third kappa shape index (κ3) is 4.18. The summed E-state index contributed by atoms with van der Waals surface area (Å²) in [4.78, 5) is 31.9. The van der Waals surface area contributed by atoms with Crippen molar-refractivity contribution in [3.8, 4) is 0 Å². The number of fused-ring (bicyclic) bond motifs is 1. The molecule has 0 spiro atoms. The molecule has 5 heteroatoms. The lowest BCUT2D eigenvalue weighted by atomic mass is 9.57. The first-order valence-corrected chi connectivity index (χ1v) is 13.2. The highest BCUT2D eigenvalue weighted by Gasteiger charge is 2.71. The minimum Gasteiger partial charge on any atom is -0.350 e. The van der Waals surface area contributed by atoms with E-state index in [4.69, 9.17) is 0 Å². The quantitative estimate of drug-likeness (QED) is 0.660. The zero-order chi connectivity index (χ0) is 24.7. The fourth-order valence-corrected chi connectivity index (χ4v) is 7.36. The Morgan fingerprint density at radius 1 is 1.03 bits per heavy atom. The van der Waals surface area contributed by atoms with Gasteiger partial charge in [-0.25, -0.2) is 0 Å². The first-order valence-electron chi connectivity index (χ1n) is 13.2. The summed E-state index contributed by atoms with van der Waals surface area (Å²) >= 11 is 0. The summed E-state index contributed by atoms with van der Waals surface area (Å²) in [5.41, 5.74) is 2.83. The maximum absolute atomic E-state index is 14.3. The zero-order valence-corrected chi connectivity index (χ0v) is 21.5. The maximum Gasteiger partial charge on any atom is 0.248 e. The maximum atomic E-state index is 14.3. The van der Waals surface area contributed by atoms with Crippen molar-refractivity contribution >= 4 is 11.8 Å². The van der Waals surface area contributed by atoms with E-state index in [1.165, 1.54) is 11.1 Å². The number of hydrogen-bond acceptors (Lipinski definition) is 3. The number of benzene rings is 2. The smallest absolute Gasteiger partial charge is 0.248 e. The molecule has 2 aromatic rings. The Bertz CT molecular complexity index is 1070. The van der Waals surface area contributed by atoms with Crippen LogP contribution in [0, 0.1) is 30.6 Å². The van der Waals surface area contributed by atoms with Gasteiger partial charge in [-0.05, 0) is 48.6 Å². The molecule has 0 radical (unpaired) electrons. The fourth-order valence-electron chi connectivity index (χ4n) is 7.36. The third-order valence-corrected chi connectivity index (χ3v) is 8.62. The van der Waals surface area contributed by atoms with Crippen molar-refractivity contribution in [2.24, 2.45) is 23.7 Å². The van der Waals surface area contributed by atoms with Crippen LogP contribution in [0.3, 0.4) is 0 Å². The molecule has 186 valence electrons. The lowest BCUT2D eigenvalue weighted by molar-refractivity contribution is -0.172. The van der Waals surface area contributed by atoms with Gasteiger partial charge in [-0.15, -0.1) is 0 Å². The molecule has 4 fully saturated rings. The predicted molar refractivity (Wildman–Crippen MR) is 139 cm³/mol. The van der Waals surface area contributed by atoms with E-state index >= 15 is 0 Å². The van der Waals surface area contributed by atoms with Crippen LogP contribution in [0.2, 0.25) is 0 Å². The van der Waals surface area contributed by atoms with Gasteiger partial charge in [0.25, 0.3) is 0 Å². The topological polar surface area (TPSA) is 52.7 Å². The van der Waals surface area contributed by atoms with Crippen molar-refractivity contribution in [2.75, 3.05) is 19.6 Å². The lowest BCUT2D eigenvalue weighted by Crippen LogP contribution is -2.77. The highest BCUT2D eigenvalue weighted by molar-refractivity contribution is 5.93. The third-order valence-electron chi connectivity index (χ3n) is 8.62. The standard InChI is InChI=1S/C30H39N3O2/c1-20(2)17-32-19-26-15-25-18-33(22(4)34)30(26,28(32)27(25)14-23-8-6-5-7-9-23)29(35)31-16-24-12-10-21(3)11-13-24/h5-13,20,25-28H,14-19H2,1-4H3,(H,31,35). The Hall–Kier alpha value is -2.66. The molecule has 1 aliphatic carbocycles. The molecule has 35 heavy (non-hydrogen) atoms. The largest absolute Gasteiger partial charge is 0.350 e. The molecule has 1 N–H and O–H groups in total. The Balaban J connectivity index is 1.52. The van der Waals surface area contributed by atoms with Crippen LogP contribution in [0.4, 0.5) is 0 Å². The summed E-state index contributed by atoms with van der Waals surface area (Å²) in [7, 11) is 0. The number of likely N-dealkylation sites (tertiary alicyclic amines) is 1. The molecule has 3 saturated heterocycles. The molecule has 6 rings (SSSR count). The summed E-state index contributed by atoms with van der Waals surface area (Å²) in [6.07, 6.45) is 1.97. The number of piperidine rings is 2. The van der Waals surface area contributed by atoms with Gasteiger partial charge in [0.2, 0.25) is 11.8 Å². The number of hydrogen-bond donors (Lipinski definition) is 1. The van der Waals surface area contributed by atoms with E-state index in [1.54, 1.807) is 6.92 Å². The molecule has 3 aliphatic heterocycles. The zero-order valence-electron chi connectivity index (χ0n) is 21.5. The van der Waals surface area contributed by atoms with E-state index in [0.29, 0.717) is 30.8 Å². The molecule has 2 amide bonds. The molecular weight excluding hydrogens is 434 g/mol. The van der Waals surface area contributed by atoms with Crippen molar-refractivity contribution in [3.63, 3.8) is 0 Å². The second kappa shape index (κ2) is 9.42. The van der Waals surface area contributed by atoms with E-state index in [-0.39, 0.29) is 23.8 Å². The molecule has 5 nitrogen and oxygen atoms in total. The van der Waals surface area contributed by atoms with Crippen LogP contribution in [0.5, 0.6) is 0 Å². The van der Waals surface area contributed by atoms with E-state index in [1.807, 2.05) is 4.90 Å². The van der Waals surface area contributed by atoms with Gasteiger partial charge in [0.05, 0.1) is 0 Å². The minimum atomic E-state index is -0.792. The summed E-state index contributed by atoms with van der Waals surface area (Å²) in [6, 6.07) is 19.0. The average molecular weight is 474 g/mol. The van der Waals surface area contributed by atoms with Crippen molar-refractivity contribution in [2.45, 2.75) is 58.7 Å². The lowest BCUT2D eigenvalue weighted by Gasteiger charge is -2.61. The molecular formula is C30H39N3O2. The van der Waals surface area contributed by atoms with Gasteiger partial charge < -0.3 is 10.2 Å². The summed E-state index contributed by atoms with van der Waals surface area (Å²) in [6.45, 7) is 11.2. The van der Waals surface area contributed by atoms with Gasteiger partial charge in [-0.2, -0.15) is 0 Å². The van der Waals surface area contributed by atoms with Crippen LogP contribution in [-0.4, -0.2) is 52.8 Å². The minimum absolute atomic E-state index is 0.0275. The number of carbonyl (C=O) groups is 2. The highest BCUT2D eigenvalue weighted by atomic mass is 16.2. The van der Waals surface area contributed by atoms with E-state index in [9.17, 15) is 9.59 Å². The summed E-state index contributed by atoms with van der Waals surface area (Å²) < 4.78 is 0. The van der Waals surface area contributed by atoms with Gasteiger partial charge in [-0.3, -0.25) is 14.5 Å². The summed E-state index contributed by atoms with van der Waals surface area (Å²) in [5, 5.41) is 3.29. The first kappa shape index (κ1) is 24.1. The predicted octanol–water partition coefficient (Wildman–Crippen LogP) is 4.05. The number of nitrogens with one attached hydrogen (secondary N) is 1. The second-order valence-corrected chi connectivity index (χ2v) is 11.5. The average Bonchev–Trinajstić information content (AvgIpc) is 3.09. The first-order chi connectivity index (χ1) is 16.8. The van der Waals surface area contributed by atoms with Gasteiger partial charge in [0, 0.05) is 45.1 Å². The van der Waals surface area contributed by atoms with E-state index in [0.717, 1.165) is 31.5 Å². The van der Waals surface area contributed by atoms with Gasteiger partial charge in [0.15, 0.2) is 0 Å². The molecule has 4 aliphatic rings. The van der Waals surface area contributed by atoms with E-state index in [2.05, 4.69) is 85.6 Å². The van der Waals surface area contributed by atoms with Crippen molar-refractivity contribution in [1.82, 2.24) is 15.1 Å². The molecule has 5 unspecified atom stereocenters. The molecule has 5 atom stereocenters. The highest BCUT2D eigenvalue weighted by Crippen LogP contribution is 2.57. The number of nitrogens with zero attached hydrogens (tertiary/aromatic N) is 2. The van der Waals surface area contributed by atoms with Crippen LogP contribution >= 0.6 is 0 Å².